The summed E-state index contributed by atoms with van der Waals surface area (Å²) in [5.74, 6) is 5.11. The first kappa shape index (κ1) is 112. The molecule has 2 radical (unpaired) electrons. The zero-order valence-corrected chi connectivity index (χ0v) is 87.0. The quantitative estimate of drug-likeness (QED) is 0.0114. The summed E-state index contributed by atoms with van der Waals surface area (Å²) in [5, 5.41) is 25.4. The van der Waals surface area contributed by atoms with E-state index < -0.39 is 6.03 Å². The zero-order chi connectivity index (χ0) is 85.7. The molecule has 12 aliphatic rings. The molecular weight excluding hydrogens is 1930 g/mol. The molecule has 30 heteroatoms. The van der Waals surface area contributed by atoms with Crippen LogP contribution in [0.5, 0.6) is 0 Å². The molecule has 3 atom stereocenters. The molecule has 8 fully saturated rings. The van der Waals surface area contributed by atoms with Crippen LogP contribution in [0.15, 0.2) is 148 Å². The third-order valence-electron chi connectivity index (χ3n) is 24.7. The molecule has 22 nitrogen and oxygen atoms in total. The van der Waals surface area contributed by atoms with Crippen LogP contribution < -0.4 is 62.9 Å². The molecule has 122 heavy (non-hydrogen) atoms. The second-order valence-corrected chi connectivity index (χ2v) is 36.4. The molecule has 3 amide bonds. The van der Waals surface area contributed by atoms with Crippen molar-refractivity contribution in [3.63, 3.8) is 0 Å². The minimum atomic E-state index is -0.744. The third kappa shape index (κ3) is 36.0. The van der Waals surface area contributed by atoms with E-state index in [4.69, 9.17) is 48.3 Å². The number of aryl methyl sites for hydroxylation is 1. The Morgan fingerprint density at radius 3 is 1.75 bits per heavy atom. The topological polar surface area (TPSA) is 367 Å². The number of nitroso groups, excluding NO2 is 1. The number of pyridine rings is 2. The fraction of sp³-hybridized carbons (Fsp3) is 0.543. The first-order chi connectivity index (χ1) is 56.7. The van der Waals surface area contributed by atoms with Crippen LogP contribution in [0, 0.1) is 96.3 Å². The Balaban J connectivity index is 0.000000363. The van der Waals surface area contributed by atoms with Gasteiger partial charge in [0.15, 0.2) is 10.4 Å². The molecule has 15 rings (SSSR count). The van der Waals surface area contributed by atoms with E-state index in [2.05, 4.69) is 177 Å². The van der Waals surface area contributed by atoms with E-state index in [0.717, 1.165) is 121 Å². The molecular formula is C92H121BBr3KN13O9PY2-4. The van der Waals surface area contributed by atoms with E-state index >= 15 is 0 Å². The predicted octanol–water partition coefficient (Wildman–Crippen LogP) is 21.9. The van der Waals surface area contributed by atoms with E-state index in [-0.39, 0.29) is 170 Å². The van der Waals surface area contributed by atoms with Gasteiger partial charge in [-0.15, -0.1) is 44.4 Å². The maximum absolute atomic E-state index is 11.7. The number of hydrogen-bond donors (Lipinski definition) is 2. The van der Waals surface area contributed by atoms with E-state index in [1.165, 1.54) is 166 Å². The largest absolute Gasteiger partial charge is 1.00 e. The van der Waals surface area contributed by atoms with Crippen molar-refractivity contribution in [3.05, 3.63) is 213 Å². The smallest absolute Gasteiger partial charge is 0.870 e. The Labute approximate surface area is 846 Å². The van der Waals surface area contributed by atoms with Gasteiger partial charge in [0.05, 0.1) is 40.6 Å². The molecule has 11 aliphatic carbocycles. The Kier molecular flexibility index (Phi) is 54.2. The normalized spacial score (nSPS) is 19.6. The maximum atomic E-state index is 11.7. The van der Waals surface area contributed by atoms with Crippen LogP contribution >= 0.6 is 57.2 Å². The number of nitrogens with zero attached hydrogens (tertiary/aromatic N) is 10. The van der Waals surface area contributed by atoms with E-state index in [1.54, 1.807) is 30.6 Å². The number of amides is 3. The summed E-state index contributed by atoms with van der Waals surface area (Å²) < 4.78 is 20.5. The summed E-state index contributed by atoms with van der Waals surface area (Å²) in [6.45, 7) is 26.0. The van der Waals surface area contributed by atoms with Crippen LogP contribution in [0.4, 0.5) is 16.4 Å². The number of nitriles is 2. The number of ketones is 1. The van der Waals surface area contributed by atoms with Gasteiger partial charge in [-0.3, -0.25) is 14.4 Å². The molecule has 0 bridgehead atoms. The van der Waals surface area contributed by atoms with Crippen molar-refractivity contribution in [3.8, 4) is 12.1 Å². The van der Waals surface area contributed by atoms with Gasteiger partial charge in [0.25, 0.3) is 5.71 Å². The average Bonchev–Trinajstić information content (AvgIpc) is 1.62. The number of primary amides is 2. The van der Waals surface area contributed by atoms with E-state index in [1.807, 2.05) is 31.2 Å². The van der Waals surface area contributed by atoms with Gasteiger partial charge in [-0.05, 0) is 219 Å². The van der Waals surface area contributed by atoms with Crippen LogP contribution in [-0.4, -0.2) is 85.9 Å². The molecule has 0 aromatic carbocycles. The Morgan fingerprint density at radius 1 is 0.738 bits per heavy atom. The maximum Gasteiger partial charge on any atom is 1.00 e. The molecule has 7 saturated carbocycles. The van der Waals surface area contributed by atoms with Crippen molar-refractivity contribution in [1.82, 2.24) is 15.0 Å². The number of urea groups is 1. The van der Waals surface area contributed by atoms with E-state index in [9.17, 15) is 29.3 Å². The number of rotatable bonds is 18. The number of nitrogens with two attached hydrogens (primary N) is 2. The van der Waals surface area contributed by atoms with Gasteiger partial charge in [0.1, 0.15) is 6.29 Å². The Bertz CT molecular complexity index is 4360. The molecule has 6 N–H and O–H groups in total. The van der Waals surface area contributed by atoms with Gasteiger partial charge in [-0.2, -0.15) is 62.5 Å². The second kappa shape index (κ2) is 59.1. The Morgan fingerprint density at radius 2 is 1.28 bits per heavy atom. The van der Waals surface area contributed by atoms with Crippen LogP contribution in [0.3, 0.4) is 0 Å². The molecule has 1 saturated heterocycles. The predicted molar refractivity (Wildman–Crippen MR) is 487 cm³/mol. The van der Waals surface area contributed by atoms with Gasteiger partial charge in [0.2, 0.25) is 18.2 Å². The van der Waals surface area contributed by atoms with Crippen molar-refractivity contribution in [2.75, 3.05) is 6.54 Å². The van der Waals surface area contributed by atoms with Crippen molar-refractivity contribution in [2.45, 2.75) is 270 Å². The van der Waals surface area contributed by atoms with Crippen molar-refractivity contribution < 1.29 is 160 Å². The summed E-state index contributed by atoms with van der Waals surface area (Å²) in [7, 11) is 2.02. The zero-order valence-electron chi connectivity index (χ0n) is 72.3. The van der Waals surface area contributed by atoms with Crippen molar-refractivity contribution in [2.24, 2.45) is 58.2 Å². The van der Waals surface area contributed by atoms with Gasteiger partial charge >= 0.3 is 64.5 Å². The van der Waals surface area contributed by atoms with Gasteiger partial charge < -0.3 is 61.8 Å². The molecule has 1 aliphatic heterocycles. The summed E-state index contributed by atoms with van der Waals surface area (Å²) in [5.41, 5.74) is 38.7. The number of hydrogen-bond acceptors (Lipinski definition) is 14. The standard InChI is InChI=1S/C19H28BNO2.C19H21N3.C13H14BrN.C10H11BrO2.C7H9N2P.C7H13NO.C6H5BrO.C6H11N3O2.C5H8N2.K.H2O.2Y/c1-18(2)19(3,4)23-20(22-18)16-10-9-15(13-16)17(11-12-21)14-7-5-6-8-14;1-13-17(9-10-22-19(13)20)15-7-8-16(11-15)18(12-21-2)14-5-3-4-6-14;14-12-6-5-11(9-12)13(7-8-15)10-3-1-2-4-10;11-9-6-5-8(13-9)10(12)7-3-1-2-4-7;1-5-3-4-8-7(9-10)6(5)2;8-7(9)5-6-3-1-2-4-6;7-6-2-1-5(3-6)4-8;7-6(10)9(8-11)5-3-1-2-4-5;6-7-5-3-1-2-4-5;;;;/h9-10,14,17H,5-8,11,13H2,1-4H3;7-10,14,18H,1,3-6,11-12H2,(H-,20,22);5-7,10H,1-4,9H2;5-7H,1-4H2;3-4H,2,10H2,1H3;6H,1-5H2,(H2,8,9);1-2,4H,3H2;5H,1-4H2,(H2,7,10);1-4H2;;1H2;;/q;-2;;;-2;;;;;+1;;;/p-1/b;;13-7+;;;;;;;;;;. The minimum absolute atomic E-state index is 0. The van der Waals surface area contributed by atoms with E-state index in [0.29, 0.717) is 76.7 Å². The summed E-state index contributed by atoms with van der Waals surface area (Å²) >= 11 is 9.97. The molecule has 0 spiro atoms. The fourth-order valence-electron chi connectivity index (χ4n) is 17.2. The molecule has 3 aromatic rings. The average molecular weight is 2050 g/mol. The SMILES string of the molecule is CC1(C)OB(C2=CC=C(C(CC#N)C3CCCC3)C2)OC1(C)C.N#C/C=C(/C1=CC=C(Br)C1)C1CCCC1.NC(=O)CC1CCCC1.NC(=O)N(N=O)C1CCCC1.O=C(c1ccc(Br)o1)C1CCCC1.O=CC1=CC=C(Br)C1.[C-]#[N+]CC(C1=CC=C(c2ccnc([NH-])c2[CH2-])C1)C1CCCC1.[CH2-]c1c(C)ccnc1[N-]P.[K+].[N-]=[N+]=C1CCCC1.[OH-].[Y].[Y]. The van der Waals surface area contributed by atoms with Crippen LogP contribution in [0.2, 0.25) is 0 Å². The van der Waals surface area contributed by atoms with Crippen molar-refractivity contribution >= 4 is 111 Å². The fourth-order valence-corrected chi connectivity index (χ4v) is 18.7. The van der Waals surface area contributed by atoms with Crippen LogP contribution in [0.25, 0.3) is 26.8 Å². The number of carbonyl (C=O) groups excluding carboxylic acids is 4. The number of halogens is 3. The number of nitrogens with one attached hydrogen (secondary N) is 1. The first-order valence-electron chi connectivity index (χ1n) is 42.1. The summed E-state index contributed by atoms with van der Waals surface area (Å²) in [4.78, 5) is 67.6. The number of carbonyl (C=O) groups is 4. The van der Waals surface area contributed by atoms with Gasteiger partial charge in [0, 0.05) is 116 Å². The van der Waals surface area contributed by atoms with Gasteiger partial charge in [-0.1, -0.05) is 181 Å². The van der Waals surface area contributed by atoms with Crippen LogP contribution in [-0.2, 0) is 84.3 Å². The van der Waals surface area contributed by atoms with Crippen LogP contribution in [0.1, 0.15) is 279 Å². The monoisotopic (exact) mass is 2050 g/mol. The molecule has 3 aromatic heterocycles. The number of allylic oxidation sites excluding steroid dienone is 17. The molecule has 648 valence electrons. The molecule has 4 heterocycles. The van der Waals surface area contributed by atoms with Crippen molar-refractivity contribution in [1.29, 1.82) is 10.5 Å². The third-order valence-corrected chi connectivity index (χ3v) is 26.4. The molecule has 3 unspecified atom stereocenters. The minimum Gasteiger partial charge on any atom is -0.870 e. The van der Waals surface area contributed by atoms with Gasteiger partial charge in [-0.25, -0.2) is 11.4 Å². The summed E-state index contributed by atoms with van der Waals surface area (Å²) in [6.07, 6.45) is 60.6. The number of furan rings is 1. The number of Topliss-reactive ketones (excluding diaryl/α,β-unsaturated/α-hetero) is 1. The summed E-state index contributed by atoms with van der Waals surface area (Å²) in [6, 6.07) is 11.2. The number of aromatic nitrogens is 2. The number of aldehydes is 1. The second-order valence-electron chi connectivity index (χ2n) is 33.3. The first-order valence-corrected chi connectivity index (χ1v) is 45.0. The Hall–Kier alpha value is -4.23.